The Kier molecular flexibility index (Phi) is 4.15. The van der Waals surface area contributed by atoms with Gasteiger partial charge in [0.2, 0.25) is 11.5 Å². The van der Waals surface area contributed by atoms with Crippen LogP contribution >= 0.6 is 0 Å². The van der Waals surface area contributed by atoms with Crippen LogP contribution in [0.3, 0.4) is 0 Å². The van der Waals surface area contributed by atoms with Gasteiger partial charge in [-0.05, 0) is 31.7 Å². The number of carbonyl (C=O) groups is 1. The molecule has 1 aliphatic rings. The highest BCUT2D eigenvalue weighted by Crippen LogP contribution is 2.18. The van der Waals surface area contributed by atoms with Crippen molar-refractivity contribution in [2.45, 2.75) is 32.2 Å². The lowest BCUT2D eigenvalue weighted by Gasteiger charge is -2.25. The van der Waals surface area contributed by atoms with Gasteiger partial charge in [-0.15, -0.1) is 0 Å². The van der Waals surface area contributed by atoms with Gasteiger partial charge in [-0.1, -0.05) is 6.07 Å². The Hall–Kier alpha value is -1.62. The quantitative estimate of drug-likeness (QED) is 0.811. The van der Waals surface area contributed by atoms with E-state index in [1.165, 1.54) is 6.07 Å². The Morgan fingerprint density at radius 1 is 1.56 bits per heavy atom. The highest BCUT2D eigenvalue weighted by Gasteiger charge is 2.20. The summed E-state index contributed by atoms with van der Waals surface area (Å²) >= 11 is 0. The summed E-state index contributed by atoms with van der Waals surface area (Å²) in [6.07, 6.45) is 2.42. The van der Waals surface area contributed by atoms with Crippen LogP contribution in [-0.4, -0.2) is 30.1 Å². The van der Waals surface area contributed by atoms with Gasteiger partial charge >= 0.3 is 0 Å². The number of rotatable bonds is 4. The number of carbonyl (C=O) groups excluding carboxylic acids is 1. The van der Waals surface area contributed by atoms with Crippen LogP contribution in [0, 0.1) is 0 Å². The van der Waals surface area contributed by atoms with Crippen LogP contribution in [-0.2, 0) is 22.4 Å². The van der Waals surface area contributed by atoms with Crippen molar-refractivity contribution in [2.24, 2.45) is 0 Å². The maximum Gasteiger partial charge on any atom is 0.248 e. The monoisotopic (exact) mass is 250 g/mol. The van der Waals surface area contributed by atoms with Gasteiger partial charge in [0.15, 0.2) is 0 Å². The van der Waals surface area contributed by atoms with Gasteiger partial charge in [-0.3, -0.25) is 9.59 Å². The molecule has 0 radical (unpaired) electrons. The van der Waals surface area contributed by atoms with Crippen LogP contribution in [0.2, 0.25) is 0 Å². The molecule has 98 valence electrons. The van der Waals surface area contributed by atoms with Gasteiger partial charge < -0.3 is 15.0 Å². The molecule has 1 heterocycles. The number of aryl methyl sites for hydroxylation is 1. The first-order valence-electron chi connectivity index (χ1n) is 6.27. The summed E-state index contributed by atoms with van der Waals surface area (Å²) in [5.41, 5.74) is 2.05. The molecule has 0 bridgehead atoms. The molecule has 0 saturated carbocycles. The molecule has 0 aliphatic heterocycles. The van der Waals surface area contributed by atoms with Gasteiger partial charge in [0.25, 0.3) is 0 Å². The van der Waals surface area contributed by atoms with Crippen molar-refractivity contribution in [3.8, 4) is 0 Å². The maximum absolute atomic E-state index is 11.5. The smallest absolute Gasteiger partial charge is 0.248 e. The zero-order chi connectivity index (χ0) is 13.0. The second-order valence-corrected chi connectivity index (χ2v) is 4.47. The van der Waals surface area contributed by atoms with E-state index in [1.807, 2.05) is 13.0 Å². The summed E-state index contributed by atoms with van der Waals surface area (Å²) < 4.78 is 5.06. The number of H-pyrrole nitrogens is 1. The molecule has 5 nitrogen and oxygen atoms in total. The molecule has 1 aliphatic carbocycles. The first-order valence-corrected chi connectivity index (χ1v) is 6.27. The molecule has 2 rings (SSSR count). The highest BCUT2D eigenvalue weighted by atomic mass is 16.5. The number of aromatic amines is 1. The molecule has 1 aromatic heterocycles. The molecule has 1 amide bonds. The molecule has 0 aromatic carbocycles. The Balaban J connectivity index is 1.93. The standard InChI is InChI=1S/C13H18N2O3/c1-2-18-8-13(17)14-10-4-5-11-9(7-10)3-6-12(16)15-11/h3,6,10H,2,4-5,7-8H2,1H3,(H,14,17)(H,15,16). The summed E-state index contributed by atoms with van der Waals surface area (Å²) in [4.78, 5) is 25.6. The molecule has 5 heteroatoms. The van der Waals surface area contributed by atoms with Gasteiger partial charge in [0.1, 0.15) is 6.61 Å². The third kappa shape index (κ3) is 3.20. The number of ether oxygens (including phenoxy) is 1. The first-order chi connectivity index (χ1) is 8.69. The Bertz CT molecular complexity index is 481. The molecule has 0 saturated heterocycles. The summed E-state index contributed by atoms with van der Waals surface area (Å²) in [7, 11) is 0. The Labute approximate surface area is 106 Å². The van der Waals surface area contributed by atoms with Crippen molar-refractivity contribution in [2.75, 3.05) is 13.2 Å². The van der Waals surface area contributed by atoms with Crippen molar-refractivity contribution < 1.29 is 9.53 Å². The Morgan fingerprint density at radius 3 is 3.17 bits per heavy atom. The number of pyridine rings is 1. The van der Waals surface area contributed by atoms with E-state index in [0.29, 0.717) is 6.61 Å². The van der Waals surface area contributed by atoms with Crippen LogP contribution in [0.25, 0.3) is 0 Å². The molecule has 1 unspecified atom stereocenters. The van der Waals surface area contributed by atoms with Crippen molar-refractivity contribution in [3.05, 3.63) is 33.7 Å². The summed E-state index contributed by atoms with van der Waals surface area (Å²) in [6.45, 7) is 2.52. The average molecular weight is 250 g/mol. The van der Waals surface area contributed by atoms with Gasteiger partial charge in [-0.25, -0.2) is 0 Å². The zero-order valence-electron chi connectivity index (χ0n) is 10.5. The van der Waals surface area contributed by atoms with E-state index in [2.05, 4.69) is 10.3 Å². The summed E-state index contributed by atoms with van der Waals surface area (Å²) in [5, 5.41) is 2.95. The predicted molar refractivity (Wildman–Crippen MR) is 67.5 cm³/mol. The van der Waals surface area contributed by atoms with Crippen LogP contribution in [0.15, 0.2) is 16.9 Å². The molecule has 2 N–H and O–H groups in total. The van der Waals surface area contributed by atoms with Crippen molar-refractivity contribution in [3.63, 3.8) is 0 Å². The van der Waals surface area contributed by atoms with E-state index in [0.717, 1.165) is 30.5 Å². The minimum Gasteiger partial charge on any atom is -0.372 e. The molecule has 1 aromatic rings. The molecule has 0 fully saturated rings. The highest BCUT2D eigenvalue weighted by molar-refractivity contribution is 5.77. The van der Waals surface area contributed by atoms with E-state index in [4.69, 9.17) is 4.74 Å². The minimum absolute atomic E-state index is 0.0624. The minimum atomic E-state index is -0.0743. The van der Waals surface area contributed by atoms with Crippen molar-refractivity contribution >= 4 is 5.91 Å². The van der Waals surface area contributed by atoms with Gasteiger partial charge in [0.05, 0.1) is 0 Å². The molecule has 0 spiro atoms. The molecular formula is C13H18N2O3. The zero-order valence-corrected chi connectivity index (χ0v) is 10.5. The van der Waals surface area contributed by atoms with Crippen molar-refractivity contribution in [1.29, 1.82) is 0 Å². The summed E-state index contributed by atoms with van der Waals surface area (Å²) in [6, 6.07) is 3.51. The van der Waals surface area contributed by atoms with E-state index in [1.54, 1.807) is 0 Å². The molecule has 18 heavy (non-hydrogen) atoms. The number of amides is 1. The lowest BCUT2D eigenvalue weighted by molar-refractivity contribution is -0.126. The van der Waals surface area contributed by atoms with Crippen LogP contribution in [0.5, 0.6) is 0 Å². The molecular weight excluding hydrogens is 232 g/mol. The Morgan fingerprint density at radius 2 is 2.39 bits per heavy atom. The maximum atomic E-state index is 11.5. The lowest BCUT2D eigenvalue weighted by Crippen LogP contribution is -2.41. The molecule has 1 atom stereocenters. The first kappa shape index (κ1) is 12.8. The third-order valence-electron chi connectivity index (χ3n) is 3.11. The lowest BCUT2D eigenvalue weighted by atomic mass is 9.92. The fraction of sp³-hybridized carbons (Fsp3) is 0.538. The number of nitrogens with one attached hydrogen (secondary N) is 2. The average Bonchev–Trinajstić information content (AvgIpc) is 2.36. The van der Waals surface area contributed by atoms with E-state index >= 15 is 0 Å². The SMILES string of the molecule is CCOCC(=O)NC1CCc2[nH]c(=O)ccc2C1. The largest absolute Gasteiger partial charge is 0.372 e. The predicted octanol–water partition coefficient (Wildman–Crippen LogP) is 0.385. The number of hydrogen-bond acceptors (Lipinski definition) is 3. The van der Waals surface area contributed by atoms with Crippen LogP contribution in [0.1, 0.15) is 24.6 Å². The van der Waals surface area contributed by atoms with Crippen LogP contribution < -0.4 is 10.9 Å². The van der Waals surface area contributed by atoms with E-state index in [-0.39, 0.29) is 24.1 Å². The second kappa shape index (κ2) is 5.82. The van der Waals surface area contributed by atoms with Gasteiger partial charge in [-0.2, -0.15) is 0 Å². The number of fused-ring (bicyclic) bond motifs is 1. The van der Waals surface area contributed by atoms with Crippen molar-refractivity contribution in [1.82, 2.24) is 10.3 Å². The number of hydrogen-bond donors (Lipinski definition) is 2. The summed E-state index contributed by atoms with van der Waals surface area (Å²) in [5.74, 6) is -0.0743. The van der Waals surface area contributed by atoms with Crippen LogP contribution in [0.4, 0.5) is 0 Å². The normalized spacial score (nSPS) is 18.2. The fourth-order valence-corrected chi connectivity index (χ4v) is 2.24. The van der Waals surface area contributed by atoms with Gasteiger partial charge in [0, 0.05) is 24.4 Å². The fourth-order valence-electron chi connectivity index (χ4n) is 2.24. The topological polar surface area (TPSA) is 71.2 Å². The third-order valence-corrected chi connectivity index (χ3v) is 3.11. The number of aromatic nitrogens is 1. The van der Waals surface area contributed by atoms with E-state index < -0.39 is 0 Å². The second-order valence-electron chi connectivity index (χ2n) is 4.47. The van der Waals surface area contributed by atoms with E-state index in [9.17, 15) is 9.59 Å².